The molecule has 0 unspecified atom stereocenters. The van der Waals surface area contributed by atoms with Crippen molar-refractivity contribution in [2.24, 2.45) is 0 Å². The monoisotopic (exact) mass is 301 g/mol. The van der Waals surface area contributed by atoms with Crippen molar-refractivity contribution >= 4 is 6.09 Å². The van der Waals surface area contributed by atoms with Crippen LogP contribution < -0.4 is 5.32 Å². The van der Waals surface area contributed by atoms with E-state index in [1.165, 1.54) is 0 Å². The first-order chi connectivity index (χ1) is 10.6. The lowest BCUT2D eigenvalue weighted by Gasteiger charge is -2.14. The SMILES string of the molecule is COC(OC)c1ccc(-c2cccc(CNC(=O)O)c2)cc1. The highest BCUT2D eigenvalue weighted by atomic mass is 16.7. The summed E-state index contributed by atoms with van der Waals surface area (Å²) in [6, 6.07) is 15.6. The average Bonchev–Trinajstić information content (AvgIpc) is 2.55. The van der Waals surface area contributed by atoms with Crippen molar-refractivity contribution in [3.8, 4) is 11.1 Å². The Kier molecular flexibility index (Phi) is 5.52. The Labute approximate surface area is 129 Å². The summed E-state index contributed by atoms with van der Waals surface area (Å²) in [6.07, 6.45) is -1.40. The highest BCUT2D eigenvalue weighted by molar-refractivity contribution is 5.66. The van der Waals surface area contributed by atoms with Gasteiger partial charge in [-0.3, -0.25) is 0 Å². The number of hydrogen-bond donors (Lipinski definition) is 2. The van der Waals surface area contributed by atoms with Crippen LogP contribution in [0, 0.1) is 0 Å². The lowest BCUT2D eigenvalue weighted by Crippen LogP contribution is -2.19. The second-order valence-corrected chi connectivity index (χ2v) is 4.78. The Morgan fingerprint density at radius 3 is 2.36 bits per heavy atom. The van der Waals surface area contributed by atoms with Crippen molar-refractivity contribution in [2.75, 3.05) is 14.2 Å². The number of benzene rings is 2. The van der Waals surface area contributed by atoms with Gasteiger partial charge in [-0.25, -0.2) is 4.79 Å². The molecular weight excluding hydrogens is 282 g/mol. The quantitative estimate of drug-likeness (QED) is 0.802. The van der Waals surface area contributed by atoms with E-state index in [9.17, 15) is 4.79 Å². The Hall–Kier alpha value is -2.37. The van der Waals surface area contributed by atoms with Gasteiger partial charge in [-0.05, 0) is 22.8 Å². The minimum atomic E-state index is -1.03. The van der Waals surface area contributed by atoms with Crippen LogP contribution in [0.15, 0.2) is 48.5 Å². The van der Waals surface area contributed by atoms with Gasteiger partial charge in [0.1, 0.15) is 0 Å². The van der Waals surface area contributed by atoms with Crippen molar-refractivity contribution < 1.29 is 19.4 Å². The Morgan fingerprint density at radius 2 is 1.77 bits per heavy atom. The number of carbonyl (C=O) groups is 1. The third-order valence-electron chi connectivity index (χ3n) is 3.32. The van der Waals surface area contributed by atoms with Gasteiger partial charge in [0.15, 0.2) is 6.29 Å². The van der Waals surface area contributed by atoms with Crippen molar-refractivity contribution in [2.45, 2.75) is 12.8 Å². The zero-order valence-corrected chi connectivity index (χ0v) is 12.6. The molecule has 0 radical (unpaired) electrons. The van der Waals surface area contributed by atoms with E-state index in [-0.39, 0.29) is 12.8 Å². The van der Waals surface area contributed by atoms with Gasteiger partial charge in [0, 0.05) is 26.3 Å². The molecular formula is C17H19NO4. The molecule has 2 aromatic carbocycles. The fraction of sp³-hybridized carbons (Fsp3) is 0.235. The highest BCUT2D eigenvalue weighted by Crippen LogP contribution is 2.24. The second kappa shape index (κ2) is 7.59. The number of amides is 1. The van der Waals surface area contributed by atoms with Gasteiger partial charge in [-0.15, -0.1) is 0 Å². The fourth-order valence-corrected chi connectivity index (χ4v) is 2.24. The molecule has 0 fully saturated rings. The molecule has 0 spiro atoms. The summed E-state index contributed by atoms with van der Waals surface area (Å²) in [7, 11) is 3.20. The predicted molar refractivity (Wildman–Crippen MR) is 83.5 cm³/mol. The number of hydrogen-bond acceptors (Lipinski definition) is 3. The van der Waals surface area contributed by atoms with Crippen LogP contribution in [0.5, 0.6) is 0 Å². The van der Waals surface area contributed by atoms with E-state index in [2.05, 4.69) is 5.32 Å². The molecule has 5 heteroatoms. The van der Waals surface area contributed by atoms with Crippen LogP contribution >= 0.6 is 0 Å². The molecule has 2 rings (SSSR count). The van der Waals surface area contributed by atoms with Gasteiger partial charge in [0.05, 0.1) is 0 Å². The molecule has 0 saturated heterocycles. The molecule has 0 aliphatic heterocycles. The van der Waals surface area contributed by atoms with Gasteiger partial charge in [0.2, 0.25) is 0 Å². The summed E-state index contributed by atoms with van der Waals surface area (Å²) in [6.45, 7) is 0.288. The minimum Gasteiger partial charge on any atom is -0.465 e. The zero-order valence-electron chi connectivity index (χ0n) is 12.6. The van der Waals surface area contributed by atoms with E-state index in [1.807, 2.05) is 48.5 Å². The topological polar surface area (TPSA) is 67.8 Å². The summed E-state index contributed by atoms with van der Waals surface area (Å²) in [5.41, 5.74) is 3.93. The molecule has 1 amide bonds. The van der Waals surface area contributed by atoms with Gasteiger partial charge < -0.3 is 19.9 Å². The summed E-state index contributed by atoms with van der Waals surface area (Å²) in [4.78, 5) is 10.6. The first-order valence-corrected chi connectivity index (χ1v) is 6.85. The Morgan fingerprint density at radius 1 is 1.09 bits per heavy atom. The fourth-order valence-electron chi connectivity index (χ4n) is 2.24. The summed E-state index contributed by atoms with van der Waals surface area (Å²) >= 11 is 0. The number of methoxy groups -OCH3 is 2. The average molecular weight is 301 g/mol. The third kappa shape index (κ3) is 4.07. The third-order valence-corrected chi connectivity index (χ3v) is 3.32. The largest absolute Gasteiger partial charge is 0.465 e. The maximum absolute atomic E-state index is 10.6. The van der Waals surface area contributed by atoms with E-state index in [1.54, 1.807) is 14.2 Å². The van der Waals surface area contributed by atoms with E-state index in [0.29, 0.717) is 0 Å². The molecule has 5 nitrogen and oxygen atoms in total. The molecule has 0 aromatic heterocycles. The number of ether oxygens (including phenoxy) is 2. The summed E-state index contributed by atoms with van der Waals surface area (Å²) in [5, 5.41) is 11.0. The lowest BCUT2D eigenvalue weighted by atomic mass is 10.0. The first kappa shape index (κ1) is 16.0. The van der Waals surface area contributed by atoms with Crippen LogP contribution in [0.1, 0.15) is 17.4 Å². The first-order valence-electron chi connectivity index (χ1n) is 6.85. The van der Waals surface area contributed by atoms with Crippen LogP contribution in [0.2, 0.25) is 0 Å². The van der Waals surface area contributed by atoms with Crippen molar-refractivity contribution in [3.63, 3.8) is 0 Å². The minimum absolute atomic E-state index is 0.288. The zero-order chi connectivity index (χ0) is 15.9. The molecule has 2 N–H and O–H groups in total. The second-order valence-electron chi connectivity index (χ2n) is 4.78. The standard InChI is InChI=1S/C17H19NO4/c1-21-16(22-2)14-8-6-13(7-9-14)15-5-3-4-12(10-15)11-18-17(19)20/h3-10,16,18H,11H2,1-2H3,(H,19,20). The van der Waals surface area contributed by atoms with Gasteiger partial charge in [-0.1, -0.05) is 42.5 Å². The Balaban J connectivity index is 2.17. The smallest absolute Gasteiger partial charge is 0.404 e. The maximum atomic E-state index is 10.6. The maximum Gasteiger partial charge on any atom is 0.404 e. The van der Waals surface area contributed by atoms with Crippen molar-refractivity contribution in [1.82, 2.24) is 5.32 Å². The van der Waals surface area contributed by atoms with E-state index < -0.39 is 6.09 Å². The van der Waals surface area contributed by atoms with E-state index >= 15 is 0 Å². The molecule has 116 valence electrons. The molecule has 0 heterocycles. The number of carboxylic acid groups (broad SMARTS) is 1. The van der Waals surface area contributed by atoms with Crippen LogP contribution in [0.3, 0.4) is 0 Å². The van der Waals surface area contributed by atoms with Crippen LogP contribution in [-0.4, -0.2) is 25.4 Å². The van der Waals surface area contributed by atoms with Crippen LogP contribution in [0.4, 0.5) is 4.79 Å². The number of rotatable bonds is 6. The molecule has 0 atom stereocenters. The predicted octanol–water partition coefficient (Wildman–Crippen LogP) is 3.41. The molecule has 0 saturated carbocycles. The van der Waals surface area contributed by atoms with Gasteiger partial charge in [0.25, 0.3) is 0 Å². The molecule has 0 aliphatic carbocycles. The Bertz CT molecular complexity index is 621. The molecule has 0 aliphatic rings. The van der Waals surface area contributed by atoms with E-state index in [0.717, 1.165) is 22.3 Å². The molecule has 22 heavy (non-hydrogen) atoms. The van der Waals surface area contributed by atoms with Crippen molar-refractivity contribution in [3.05, 3.63) is 59.7 Å². The van der Waals surface area contributed by atoms with E-state index in [4.69, 9.17) is 14.6 Å². The van der Waals surface area contributed by atoms with Gasteiger partial charge >= 0.3 is 6.09 Å². The highest BCUT2D eigenvalue weighted by Gasteiger charge is 2.08. The van der Waals surface area contributed by atoms with Gasteiger partial charge in [-0.2, -0.15) is 0 Å². The number of nitrogens with one attached hydrogen (secondary N) is 1. The summed E-state index contributed by atoms with van der Waals surface area (Å²) in [5.74, 6) is 0. The lowest BCUT2D eigenvalue weighted by molar-refractivity contribution is -0.106. The van der Waals surface area contributed by atoms with Crippen molar-refractivity contribution in [1.29, 1.82) is 0 Å². The summed E-state index contributed by atoms with van der Waals surface area (Å²) < 4.78 is 10.4. The molecule has 2 aromatic rings. The normalized spacial score (nSPS) is 10.7. The van der Waals surface area contributed by atoms with Crippen LogP contribution in [-0.2, 0) is 16.0 Å². The van der Waals surface area contributed by atoms with Crippen LogP contribution in [0.25, 0.3) is 11.1 Å². The molecule has 0 bridgehead atoms.